The van der Waals surface area contributed by atoms with Crippen molar-refractivity contribution in [1.29, 1.82) is 0 Å². The SMILES string of the molecule is FC(F)(F)c1cnc(CBr)c(Br)c1. The molecule has 0 saturated carbocycles. The summed E-state index contributed by atoms with van der Waals surface area (Å²) in [6.45, 7) is 0. The highest BCUT2D eigenvalue weighted by molar-refractivity contribution is 9.10. The zero-order valence-electron chi connectivity index (χ0n) is 6.20. The molecule has 0 fully saturated rings. The van der Waals surface area contributed by atoms with Gasteiger partial charge >= 0.3 is 6.18 Å². The van der Waals surface area contributed by atoms with E-state index in [1.54, 1.807) is 0 Å². The van der Waals surface area contributed by atoms with E-state index in [1.165, 1.54) is 0 Å². The molecule has 1 rings (SSSR count). The third-order valence-corrected chi connectivity index (χ3v) is 2.59. The molecule has 72 valence electrons. The van der Waals surface area contributed by atoms with Gasteiger partial charge in [-0.1, -0.05) is 15.9 Å². The third kappa shape index (κ3) is 2.67. The van der Waals surface area contributed by atoms with Gasteiger partial charge in [0.05, 0.1) is 11.3 Å². The summed E-state index contributed by atoms with van der Waals surface area (Å²) in [5.41, 5.74) is -0.197. The molecule has 0 radical (unpaired) electrons. The Hall–Kier alpha value is -0.100. The Morgan fingerprint density at radius 1 is 1.38 bits per heavy atom. The van der Waals surface area contributed by atoms with Crippen LogP contribution in [0.1, 0.15) is 11.3 Å². The molecule has 0 bridgehead atoms. The Kier molecular flexibility index (Phi) is 3.34. The van der Waals surface area contributed by atoms with Crippen LogP contribution in [0.4, 0.5) is 13.2 Å². The van der Waals surface area contributed by atoms with Gasteiger partial charge in [0.2, 0.25) is 0 Å². The zero-order chi connectivity index (χ0) is 10.1. The Bertz CT molecular complexity index is 311. The number of nitrogens with zero attached hydrogens (tertiary/aromatic N) is 1. The van der Waals surface area contributed by atoms with Crippen LogP contribution in [0.15, 0.2) is 16.7 Å². The van der Waals surface area contributed by atoms with Gasteiger partial charge < -0.3 is 0 Å². The van der Waals surface area contributed by atoms with Gasteiger partial charge in [-0.2, -0.15) is 13.2 Å². The van der Waals surface area contributed by atoms with Crippen LogP contribution in [0.3, 0.4) is 0 Å². The first kappa shape index (κ1) is 11.0. The molecule has 6 heteroatoms. The topological polar surface area (TPSA) is 12.9 Å². The number of rotatable bonds is 1. The van der Waals surface area contributed by atoms with E-state index in [1.807, 2.05) is 0 Å². The summed E-state index contributed by atoms with van der Waals surface area (Å²) in [4.78, 5) is 3.65. The van der Waals surface area contributed by atoms with Crippen LogP contribution in [0.5, 0.6) is 0 Å². The van der Waals surface area contributed by atoms with Crippen molar-refractivity contribution in [1.82, 2.24) is 4.98 Å². The molecule has 0 unspecified atom stereocenters. The molecule has 0 spiro atoms. The fourth-order valence-electron chi connectivity index (χ4n) is 0.720. The predicted molar refractivity (Wildman–Crippen MR) is 49.6 cm³/mol. The third-order valence-electron chi connectivity index (χ3n) is 1.37. The minimum atomic E-state index is -4.33. The van der Waals surface area contributed by atoms with E-state index in [2.05, 4.69) is 36.8 Å². The molecule has 1 nitrogen and oxygen atoms in total. The van der Waals surface area contributed by atoms with Crippen molar-refractivity contribution in [2.24, 2.45) is 0 Å². The molecule has 0 amide bonds. The number of pyridine rings is 1. The fraction of sp³-hybridized carbons (Fsp3) is 0.286. The van der Waals surface area contributed by atoms with Crippen molar-refractivity contribution in [2.75, 3.05) is 0 Å². The van der Waals surface area contributed by atoms with Gasteiger partial charge in [0.25, 0.3) is 0 Å². The van der Waals surface area contributed by atoms with Crippen LogP contribution in [-0.4, -0.2) is 4.98 Å². The second-order valence-electron chi connectivity index (χ2n) is 2.28. The van der Waals surface area contributed by atoms with E-state index in [4.69, 9.17) is 0 Å². The molecule has 1 heterocycles. The molecular weight excluding hydrogens is 315 g/mol. The lowest BCUT2D eigenvalue weighted by Crippen LogP contribution is -2.06. The molecule has 0 aliphatic rings. The second kappa shape index (κ2) is 3.96. The van der Waals surface area contributed by atoms with E-state index in [0.717, 1.165) is 12.3 Å². The molecule has 0 N–H and O–H groups in total. The van der Waals surface area contributed by atoms with Gasteiger partial charge in [-0.25, -0.2) is 0 Å². The number of halogens is 5. The maximum atomic E-state index is 12.1. The lowest BCUT2D eigenvalue weighted by molar-refractivity contribution is -0.137. The van der Waals surface area contributed by atoms with Crippen molar-refractivity contribution >= 4 is 31.9 Å². The van der Waals surface area contributed by atoms with Gasteiger partial charge in [0, 0.05) is 16.0 Å². The highest BCUT2D eigenvalue weighted by Gasteiger charge is 2.31. The first-order valence-electron chi connectivity index (χ1n) is 3.22. The number of alkyl halides is 4. The molecule has 0 aliphatic carbocycles. The van der Waals surface area contributed by atoms with Crippen LogP contribution in [0.2, 0.25) is 0 Å². The summed E-state index contributed by atoms with van der Waals surface area (Å²) in [6.07, 6.45) is -3.51. The average molecular weight is 319 g/mol. The van der Waals surface area contributed by atoms with Gasteiger partial charge in [-0.05, 0) is 22.0 Å². The van der Waals surface area contributed by atoms with Crippen LogP contribution >= 0.6 is 31.9 Å². The number of aromatic nitrogens is 1. The summed E-state index contributed by atoms with van der Waals surface area (Å²) in [6, 6.07) is 1.02. The monoisotopic (exact) mass is 317 g/mol. The molecule has 0 saturated heterocycles. The molecular formula is C7H4Br2F3N. The van der Waals surface area contributed by atoms with Gasteiger partial charge in [-0.3, -0.25) is 4.98 Å². The van der Waals surface area contributed by atoms with E-state index < -0.39 is 11.7 Å². The molecule has 1 aromatic heterocycles. The highest BCUT2D eigenvalue weighted by atomic mass is 79.9. The van der Waals surface area contributed by atoms with E-state index in [9.17, 15) is 13.2 Å². The molecule has 13 heavy (non-hydrogen) atoms. The van der Waals surface area contributed by atoms with Crippen molar-refractivity contribution < 1.29 is 13.2 Å². The number of hydrogen-bond donors (Lipinski definition) is 0. The lowest BCUT2D eigenvalue weighted by atomic mass is 10.2. The Balaban J connectivity index is 3.10. The molecule has 1 aromatic rings. The Morgan fingerprint density at radius 3 is 2.38 bits per heavy atom. The number of hydrogen-bond acceptors (Lipinski definition) is 1. The zero-order valence-corrected chi connectivity index (χ0v) is 9.37. The Morgan fingerprint density at radius 2 is 2.00 bits per heavy atom. The maximum absolute atomic E-state index is 12.1. The highest BCUT2D eigenvalue weighted by Crippen LogP contribution is 2.31. The first-order valence-corrected chi connectivity index (χ1v) is 5.14. The quantitative estimate of drug-likeness (QED) is 0.719. The largest absolute Gasteiger partial charge is 0.417 e. The van der Waals surface area contributed by atoms with E-state index in [0.29, 0.717) is 15.5 Å². The van der Waals surface area contributed by atoms with Crippen LogP contribution in [-0.2, 0) is 11.5 Å². The van der Waals surface area contributed by atoms with Crippen LogP contribution in [0.25, 0.3) is 0 Å². The minimum Gasteiger partial charge on any atom is -0.259 e. The lowest BCUT2D eigenvalue weighted by Gasteiger charge is -2.07. The second-order valence-corrected chi connectivity index (χ2v) is 3.70. The molecule has 0 atom stereocenters. The van der Waals surface area contributed by atoms with Crippen LogP contribution in [0, 0.1) is 0 Å². The van der Waals surface area contributed by atoms with Crippen molar-refractivity contribution in [3.63, 3.8) is 0 Å². The maximum Gasteiger partial charge on any atom is 0.417 e. The van der Waals surface area contributed by atoms with E-state index >= 15 is 0 Å². The van der Waals surface area contributed by atoms with E-state index in [-0.39, 0.29) is 0 Å². The minimum absolute atomic E-state index is 0.360. The van der Waals surface area contributed by atoms with Crippen LogP contribution < -0.4 is 0 Å². The van der Waals surface area contributed by atoms with Crippen molar-refractivity contribution in [3.8, 4) is 0 Å². The smallest absolute Gasteiger partial charge is 0.259 e. The average Bonchev–Trinajstić information content (AvgIpc) is 2.02. The van der Waals surface area contributed by atoms with Gasteiger partial charge in [-0.15, -0.1) is 0 Å². The summed E-state index contributed by atoms with van der Waals surface area (Å²) in [5, 5.41) is 0.422. The molecule has 0 aromatic carbocycles. The summed E-state index contributed by atoms with van der Waals surface area (Å²) >= 11 is 6.12. The fourth-order valence-corrected chi connectivity index (χ4v) is 2.03. The normalized spacial score (nSPS) is 11.8. The first-order chi connectivity index (χ1) is 5.95. The predicted octanol–water partition coefficient (Wildman–Crippen LogP) is 3.76. The summed E-state index contributed by atoms with van der Waals surface area (Å²) in [5.74, 6) is 0. The summed E-state index contributed by atoms with van der Waals surface area (Å²) < 4.78 is 36.8. The standard InChI is InChI=1S/C7H4Br2F3N/c8-2-6-5(9)1-4(3-13-6)7(10,11)12/h1,3H,2H2. The Labute approximate surface area is 89.6 Å². The van der Waals surface area contributed by atoms with Crippen molar-refractivity contribution in [2.45, 2.75) is 11.5 Å². The summed E-state index contributed by atoms with van der Waals surface area (Å²) in [7, 11) is 0. The van der Waals surface area contributed by atoms with Crippen molar-refractivity contribution in [3.05, 3.63) is 28.0 Å². The molecule has 0 aliphatic heterocycles. The van der Waals surface area contributed by atoms with Gasteiger partial charge in [0.15, 0.2) is 0 Å². The van der Waals surface area contributed by atoms with Gasteiger partial charge in [0.1, 0.15) is 0 Å².